The lowest BCUT2D eigenvalue weighted by molar-refractivity contribution is -0.142. The van der Waals surface area contributed by atoms with E-state index in [2.05, 4.69) is 10.5 Å². The third kappa shape index (κ3) is 6.20. The molecule has 2 rings (SSSR count). The van der Waals surface area contributed by atoms with Gasteiger partial charge in [0.2, 0.25) is 5.78 Å². The van der Waals surface area contributed by atoms with E-state index in [1.807, 2.05) is 6.92 Å². The Morgan fingerprint density at radius 2 is 1.86 bits per heavy atom. The van der Waals surface area contributed by atoms with Crippen molar-refractivity contribution in [2.24, 2.45) is 0 Å². The number of alkyl carbamates (subject to hydrolysis) is 1. The molecule has 2 heterocycles. The second-order valence-electron chi connectivity index (χ2n) is 7.68. The molecule has 0 radical (unpaired) electrons. The van der Waals surface area contributed by atoms with Crippen LogP contribution in [0.15, 0.2) is 16.7 Å². The van der Waals surface area contributed by atoms with E-state index in [0.717, 1.165) is 5.69 Å². The normalized spacial score (nSPS) is 11.2. The molecular weight excluding hydrogens is 378 g/mol. The molecule has 0 fully saturated rings. The van der Waals surface area contributed by atoms with Gasteiger partial charge in [-0.15, -0.1) is 0 Å². The fourth-order valence-corrected chi connectivity index (χ4v) is 2.73. The molecule has 0 aliphatic heterocycles. The number of rotatable bonds is 7. The minimum absolute atomic E-state index is 0.0575. The van der Waals surface area contributed by atoms with E-state index in [0.29, 0.717) is 22.8 Å². The lowest BCUT2D eigenvalue weighted by atomic mass is 10.1. The first kappa shape index (κ1) is 22.2. The molecule has 158 valence electrons. The maximum Gasteiger partial charge on any atom is 0.407 e. The Balaban J connectivity index is 1.86. The van der Waals surface area contributed by atoms with Crippen LogP contribution >= 0.6 is 0 Å². The number of nitrogens with one attached hydrogen (secondary N) is 1. The molecule has 9 heteroatoms. The van der Waals surface area contributed by atoms with E-state index < -0.39 is 17.7 Å². The molecule has 1 N–H and O–H groups in total. The number of ketones is 1. The minimum atomic E-state index is -0.617. The fourth-order valence-electron chi connectivity index (χ4n) is 2.73. The smallest absolute Gasteiger partial charge is 0.407 e. The monoisotopic (exact) mass is 405 g/mol. The standard InChI is InChI=1S/C20H27N3O6/c1-12-9-15(14(3)23(12)17-10-13(2)29-22-17)16(24)11-27-18(25)7-8-21-19(26)28-20(4,5)6/h9-10H,7-8,11H2,1-6H3,(H,21,26). The molecule has 1 amide bonds. The Hall–Kier alpha value is -3.10. The second-order valence-corrected chi connectivity index (χ2v) is 7.68. The zero-order valence-corrected chi connectivity index (χ0v) is 17.6. The summed E-state index contributed by atoms with van der Waals surface area (Å²) in [5.74, 6) is 0.337. The second kappa shape index (κ2) is 8.93. The van der Waals surface area contributed by atoms with Crippen LogP contribution in [-0.2, 0) is 14.3 Å². The molecule has 0 unspecified atom stereocenters. The van der Waals surface area contributed by atoms with Crippen molar-refractivity contribution in [3.05, 3.63) is 34.8 Å². The van der Waals surface area contributed by atoms with Crippen LogP contribution < -0.4 is 5.32 Å². The quantitative estimate of drug-likeness (QED) is 0.556. The SMILES string of the molecule is Cc1cc(-n2c(C)cc(C(=O)COC(=O)CCNC(=O)OC(C)(C)C)c2C)no1. The van der Waals surface area contributed by atoms with E-state index in [1.54, 1.807) is 51.3 Å². The number of esters is 1. The van der Waals surface area contributed by atoms with Crippen LogP contribution in [0, 0.1) is 20.8 Å². The van der Waals surface area contributed by atoms with E-state index >= 15 is 0 Å². The summed E-state index contributed by atoms with van der Waals surface area (Å²) in [7, 11) is 0. The van der Waals surface area contributed by atoms with E-state index in [1.165, 1.54) is 0 Å². The summed E-state index contributed by atoms with van der Waals surface area (Å²) in [5, 5.41) is 6.43. The van der Waals surface area contributed by atoms with Crippen molar-refractivity contribution in [3.8, 4) is 5.82 Å². The van der Waals surface area contributed by atoms with Crippen molar-refractivity contribution in [2.75, 3.05) is 13.2 Å². The fraction of sp³-hybridized carbons (Fsp3) is 0.500. The molecule has 29 heavy (non-hydrogen) atoms. The predicted octanol–water partition coefficient (Wildman–Crippen LogP) is 3.03. The number of ether oxygens (including phenoxy) is 2. The van der Waals surface area contributed by atoms with Gasteiger partial charge in [-0.25, -0.2) is 4.79 Å². The number of carbonyl (C=O) groups is 3. The van der Waals surface area contributed by atoms with Crippen LogP contribution in [0.5, 0.6) is 0 Å². The summed E-state index contributed by atoms with van der Waals surface area (Å²) in [6, 6.07) is 3.49. The first-order valence-corrected chi connectivity index (χ1v) is 9.26. The number of amides is 1. The average Bonchev–Trinajstić information content (AvgIpc) is 3.13. The van der Waals surface area contributed by atoms with Gasteiger partial charge < -0.3 is 19.3 Å². The Bertz CT molecular complexity index is 904. The molecular formula is C20H27N3O6. The highest BCUT2D eigenvalue weighted by Gasteiger charge is 2.20. The van der Waals surface area contributed by atoms with Crippen LogP contribution in [0.4, 0.5) is 4.79 Å². The molecule has 0 atom stereocenters. The molecule has 0 aliphatic carbocycles. The highest BCUT2D eigenvalue weighted by molar-refractivity contribution is 5.99. The largest absolute Gasteiger partial charge is 0.457 e. The number of aryl methyl sites for hydroxylation is 2. The molecule has 2 aromatic heterocycles. The molecule has 0 saturated heterocycles. The number of nitrogens with zero attached hydrogens (tertiary/aromatic N) is 2. The highest BCUT2D eigenvalue weighted by Crippen LogP contribution is 2.21. The van der Waals surface area contributed by atoms with Gasteiger partial charge in [-0.3, -0.25) is 14.2 Å². The van der Waals surface area contributed by atoms with Gasteiger partial charge in [0.05, 0.1) is 6.42 Å². The van der Waals surface area contributed by atoms with Crippen LogP contribution in [-0.4, -0.2) is 46.3 Å². The Labute approximate surface area is 169 Å². The van der Waals surface area contributed by atoms with Crippen LogP contribution in [0.2, 0.25) is 0 Å². The Morgan fingerprint density at radius 3 is 2.45 bits per heavy atom. The lowest BCUT2D eigenvalue weighted by Crippen LogP contribution is -2.33. The van der Waals surface area contributed by atoms with Gasteiger partial charge in [0.25, 0.3) is 0 Å². The van der Waals surface area contributed by atoms with Gasteiger partial charge in [0, 0.05) is 29.6 Å². The number of Topliss-reactive ketones (excluding diaryl/α,β-unsaturated/α-hetero) is 1. The van der Waals surface area contributed by atoms with E-state index in [9.17, 15) is 14.4 Å². The zero-order chi connectivity index (χ0) is 21.8. The Morgan fingerprint density at radius 1 is 1.17 bits per heavy atom. The summed E-state index contributed by atoms with van der Waals surface area (Å²) in [4.78, 5) is 35.8. The van der Waals surface area contributed by atoms with E-state index in [4.69, 9.17) is 14.0 Å². The van der Waals surface area contributed by atoms with Gasteiger partial charge in [-0.1, -0.05) is 5.16 Å². The topological polar surface area (TPSA) is 113 Å². The Kier molecular flexibility index (Phi) is 6.84. The number of carbonyl (C=O) groups excluding carboxylic acids is 3. The molecule has 9 nitrogen and oxygen atoms in total. The summed E-state index contributed by atoms with van der Waals surface area (Å²) in [6.45, 7) is 10.3. The first-order valence-electron chi connectivity index (χ1n) is 9.26. The molecule has 0 spiro atoms. The minimum Gasteiger partial charge on any atom is -0.457 e. The third-order valence-electron chi connectivity index (χ3n) is 3.94. The number of aromatic nitrogens is 2. The molecule has 2 aromatic rings. The zero-order valence-electron chi connectivity index (χ0n) is 17.6. The van der Waals surface area contributed by atoms with Gasteiger partial charge in [-0.05, 0) is 47.6 Å². The summed E-state index contributed by atoms with van der Waals surface area (Å²) in [6.07, 6.45) is -0.680. The average molecular weight is 405 g/mol. The number of hydrogen-bond acceptors (Lipinski definition) is 7. The van der Waals surface area contributed by atoms with Crippen molar-refractivity contribution < 1.29 is 28.4 Å². The molecule has 0 aromatic carbocycles. The predicted molar refractivity (Wildman–Crippen MR) is 104 cm³/mol. The number of hydrogen-bond donors (Lipinski definition) is 1. The van der Waals surface area contributed by atoms with Crippen molar-refractivity contribution in [2.45, 2.75) is 53.6 Å². The van der Waals surface area contributed by atoms with Crippen molar-refractivity contribution in [3.63, 3.8) is 0 Å². The van der Waals surface area contributed by atoms with Crippen molar-refractivity contribution in [1.82, 2.24) is 15.0 Å². The summed E-state index contributed by atoms with van der Waals surface area (Å²) < 4.78 is 17.0. The van der Waals surface area contributed by atoms with Crippen molar-refractivity contribution >= 4 is 17.8 Å². The maximum absolute atomic E-state index is 12.5. The first-order chi connectivity index (χ1) is 13.5. The van der Waals surface area contributed by atoms with Crippen LogP contribution in [0.1, 0.15) is 54.7 Å². The van der Waals surface area contributed by atoms with Gasteiger partial charge >= 0.3 is 12.1 Å². The van der Waals surface area contributed by atoms with Gasteiger partial charge in [0.1, 0.15) is 11.4 Å². The molecule has 0 bridgehead atoms. The van der Waals surface area contributed by atoms with Gasteiger partial charge in [-0.2, -0.15) is 0 Å². The summed E-state index contributed by atoms with van der Waals surface area (Å²) in [5.41, 5.74) is 1.33. The van der Waals surface area contributed by atoms with Crippen LogP contribution in [0.3, 0.4) is 0 Å². The third-order valence-corrected chi connectivity index (χ3v) is 3.94. The maximum atomic E-state index is 12.5. The molecule has 0 aliphatic rings. The summed E-state index contributed by atoms with van der Waals surface area (Å²) >= 11 is 0. The lowest BCUT2D eigenvalue weighted by Gasteiger charge is -2.19. The van der Waals surface area contributed by atoms with Crippen LogP contribution in [0.25, 0.3) is 5.82 Å². The van der Waals surface area contributed by atoms with Crippen molar-refractivity contribution in [1.29, 1.82) is 0 Å². The van der Waals surface area contributed by atoms with Gasteiger partial charge in [0.15, 0.2) is 12.4 Å². The van der Waals surface area contributed by atoms with E-state index in [-0.39, 0.29) is 25.4 Å². The molecule has 0 saturated carbocycles. The highest BCUT2D eigenvalue weighted by atomic mass is 16.6.